The number of amides is 2. The predicted molar refractivity (Wildman–Crippen MR) is 90.3 cm³/mol. The highest BCUT2D eigenvalue weighted by atomic mass is 35.5. The quantitative estimate of drug-likeness (QED) is 0.835. The van der Waals surface area contributed by atoms with Gasteiger partial charge in [-0.15, -0.1) is 0 Å². The smallest absolute Gasteiger partial charge is 0.319 e. The number of anilines is 1. The van der Waals surface area contributed by atoms with Gasteiger partial charge in [0.1, 0.15) is 0 Å². The van der Waals surface area contributed by atoms with E-state index in [1.807, 2.05) is 37.3 Å². The van der Waals surface area contributed by atoms with Crippen LogP contribution in [0.25, 0.3) is 0 Å². The van der Waals surface area contributed by atoms with Crippen molar-refractivity contribution < 1.29 is 4.79 Å². The van der Waals surface area contributed by atoms with Crippen LogP contribution in [-0.2, 0) is 5.54 Å². The molecule has 0 bridgehead atoms. The lowest BCUT2D eigenvalue weighted by Crippen LogP contribution is -2.52. The average Bonchev–Trinajstić information content (AvgIpc) is 2.48. The lowest BCUT2D eigenvalue weighted by molar-refractivity contribution is 0.185. The van der Waals surface area contributed by atoms with Crippen LogP contribution < -0.4 is 10.6 Å². The Morgan fingerprint density at radius 2 is 1.86 bits per heavy atom. The van der Waals surface area contributed by atoms with Crippen molar-refractivity contribution in [1.82, 2.24) is 5.32 Å². The molecule has 0 aromatic heterocycles. The number of nitrogens with one attached hydrogen (secondary N) is 2. The molecule has 0 saturated heterocycles. The number of benzene rings is 2. The van der Waals surface area contributed by atoms with E-state index in [2.05, 4.69) is 22.8 Å². The van der Waals surface area contributed by atoms with Crippen LogP contribution in [0.5, 0.6) is 0 Å². The molecule has 4 heteroatoms. The second-order valence-corrected chi connectivity index (χ2v) is 6.28. The number of hydrogen-bond acceptors (Lipinski definition) is 1. The largest absolute Gasteiger partial charge is 0.328 e. The van der Waals surface area contributed by atoms with Crippen LogP contribution in [-0.4, -0.2) is 6.03 Å². The maximum Gasteiger partial charge on any atom is 0.319 e. The second kappa shape index (κ2) is 6.01. The maximum absolute atomic E-state index is 12.4. The molecule has 2 N–H and O–H groups in total. The Labute approximate surface area is 135 Å². The first-order valence-corrected chi connectivity index (χ1v) is 7.88. The van der Waals surface area contributed by atoms with Crippen molar-refractivity contribution in [2.24, 2.45) is 0 Å². The van der Waals surface area contributed by atoms with Crippen LogP contribution >= 0.6 is 11.6 Å². The van der Waals surface area contributed by atoms with E-state index in [4.69, 9.17) is 11.6 Å². The van der Waals surface area contributed by atoms with Crippen molar-refractivity contribution in [1.29, 1.82) is 0 Å². The molecule has 114 valence electrons. The molecule has 22 heavy (non-hydrogen) atoms. The summed E-state index contributed by atoms with van der Waals surface area (Å²) in [4.78, 5) is 12.4. The zero-order valence-electron chi connectivity index (χ0n) is 12.5. The van der Waals surface area contributed by atoms with E-state index in [9.17, 15) is 4.79 Å². The first-order valence-electron chi connectivity index (χ1n) is 7.50. The highest BCUT2D eigenvalue weighted by Gasteiger charge is 2.39. The molecule has 0 unspecified atom stereocenters. The van der Waals surface area contributed by atoms with Gasteiger partial charge in [0, 0.05) is 10.7 Å². The summed E-state index contributed by atoms with van der Waals surface area (Å²) in [5.41, 5.74) is 2.66. The summed E-state index contributed by atoms with van der Waals surface area (Å²) in [6.45, 7) is 1.95. The number of urea groups is 1. The highest BCUT2D eigenvalue weighted by molar-refractivity contribution is 6.31. The van der Waals surface area contributed by atoms with Gasteiger partial charge in [-0.1, -0.05) is 48.0 Å². The van der Waals surface area contributed by atoms with Crippen LogP contribution in [0.1, 0.15) is 30.4 Å². The molecular weight excluding hydrogens is 296 g/mol. The van der Waals surface area contributed by atoms with E-state index >= 15 is 0 Å². The topological polar surface area (TPSA) is 41.1 Å². The van der Waals surface area contributed by atoms with Gasteiger partial charge < -0.3 is 10.6 Å². The van der Waals surface area contributed by atoms with Gasteiger partial charge >= 0.3 is 6.03 Å². The summed E-state index contributed by atoms with van der Waals surface area (Å²) in [6.07, 6.45) is 3.07. The molecule has 0 aliphatic heterocycles. The third kappa shape index (κ3) is 2.95. The average molecular weight is 315 g/mol. The molecule has 2 aromatic rings. The van der Waals surface area contributed by atoms with Crippen molar-refractivity contribution in [3.63, 3.8) is 0 Å². The van der Waals surface area contributed by atoms with E-state index in [1.54, 1.807) is 6.07 Å². The second-order valence-electron chi connectivity index (χ2n) is 5.84. The summed E-state index contributed by atoms with van der Waals surface area (Å²) in [5.74, 6) is 0. The number of carbonyl (C=O) groups is 1. The molecule has 0 atom stereocenters. The van der Waals surface area contributed by atoms with Gasteiger partial charge in [0.05, 0.1) is 5.54 Å². The number of halogens is 1. The molecule has 1 fully saturated rings. The van der Waals surface area contributed by atoms with E-state index < -0.39 is 0 Å². The fourth-order valence-corrected chi connectivity index (χ4v) is 3.05. The molecule has 2 aromatic carbocycles. The predicted octanol–water partition coefficient (Wildman–Crippen LogP) is 4.85. The van der Waals surface area contributed by atoms with E-state index in [0.29, 0.717) is 5.02 Å². The fourth-order valence-electron chi connectivity index (χ4n) is 2.87. The molecule has 3 rings (SSSR count). The van der Waals surface area contributed by atoms with Crippen LogP contribution in [0.4, 0.5) is 10.5 Å². The lowest BCUT2D eigenvalue weighted by Gasteiger charge is -2.43. The Hall–Kier alpha value is -2.00. The Morgan fingerprint density at radius 1 is 1.14 bits per heavy atom. The van der Waals surface area contributed by atoms with Gasteiger partial charge in [0.25, 0.3) is 0 Å². The van der Waals surface area contributed by atoms with Crippen LogP contribution in [0.3, 0.4) is 0 Å². The summed E-state index contributed by atoms with van der Waals surface area (Å²) in [5, 5.41) is 6.67. The van der Waals surface area contributed by atoms with Gasteiger partial charge in [0.15, 0.2) is 0 Å². The lowest BCUT2D eigenvalue weighted by atomic mass is 9.72. The SMILES string of the molecule is Cc1ccc(Cl)cc1NC(=O)NC1(c2ccccc2)CCC1. The first kappa shape index (κ1) is 14.9. The third-order valence-electron chi connectivity index (χ3n) is 4.33. The van der Waals surface area contributed by atoms with Crippen molar-refractivity contribution in [2.45, 2.75) is 31.7 Å². The summed E-state index contributed by atoms with van der Waals surface area (Å²) < 4.78 is 0. The Kier molecular flexibility index (Phi) is 4.08. The fraction of sp³-hybridized carbons (Fsp3) is 0.278. The molecule has 1 aliphatic rings. The van der Waals surface area contributed by atoms with Crippen molar-refractivity contribution in [3.8, 4) is 0 Å². The minimum absolute atomic E-state index is 0.186. The number of aryl methyl sites for hydroxylation is 1. The Balaban J connectivity index is 1.75. The minimum Gasteiger partial charge on any atom is -0.328 e. The third-order valence-corrected chi connectivity index (χ3v) is 4.57. The molecule has 0 spiro atoms. The molecule has 2 amide bonds. The normalized spacial score (nSPS) is 15.7. The standard InChI is InChI=1S/C18H19ClN2O/c1-13-8-9-15(19)12-16(13)20-17(22)21-18(10-5-11-18)14-6-3-2-4-7-14/h2-4,6-9,12H,5,10-11H2,1H3,(H2,20,21,22). The van der Waals surface area contributed by atoms with E-state index in [1.165, 1.54) is 5.56 Å². The van der Waals surface area contributed by atoms with Crippen LogP contribution in [0.15, 0.2) is 48.5 Å². The molecule has 0 radical (unpaired) electrons. The number of carbonyl (C=O) groups excluding carboxylic acids is 1. The molecule has 3 nitrogen and oxygen atoms in total. The maximum atomic E-state index is 12.4. The van der Waals surface area contributed by atoms with Crippen molar-refractivity contribution in [3.05, 3.63) is 64.7 Å². The first-order chi connectivity index (χ1) is 10.6. The molecule has 1 aliphatic carbocycles. The van der Waals surface area contributed by atoms with Gasteiger partial charge in [-0.2, -0.15) is 0 Å². The number of rotatable bonds is 3. The molecule has 0 heterocycles. The molecule has 1 saturated carbocycles. The highest BCUT2D eigenvalue weighted by Crippen LogP contribution is 2.41. The minimum atomic E-state index is -0.238. The zero-order chi connectivity index (χ0) is 15.6. The summed E-state index contributed by atoms with van der Waals surface area (Å²) >= 11 is 6.00. The van der Waals surface area contributed by atoms with Gasteiger partial charge in [-0.25, -0.2) is 4.79 Å². The monoisotopic (exact) mass is 314 g/mol. The Bertz CT molecular complexity index is 681. The van der Waals surface area contributed by atoms with Gasteiger partial charge in [0.2, 0.25) is 0 Å². The van der Waals surface area contributed by atoms with Crippen LogP contribution in [0, 0.1) is 6.92 Å². The molecular formula is C18H19ClN2O. The van der Waals surface area contributed by atoms with Crippen molar-refractivity contribution in [2.75, 3.05) is 5.32 Å². The van der Waals surface area contributed by atoms with E-state index in [0.717, 1.165) is 30.5 Å². The van der Waals surface area contributed by atoms with Gasteiger partial charge in [-0.3, -0.25) is 0 Å². The summed E-state index contributed by atoms with van der Waals surface area (Å²) in [6, 6.07) is 15.5. The Morgan fingerprint density at radius 3 is 2.50 bits per heavy atom. The van der Waals surface area contributed by atoms with Crippen molar-refractivity contribution >= 4 is 23.3 Å². The van der Waals surface area contributed by atoms with E-state index in [-0.39, 0.29) is 11.6 Å². The van der Waals surface area contributed by atoms with Gasteiger partial charge in [-0.05, 0) is 49.4 Å². The zero-order valence-corrected chi connectivity index (χ0v) is 13.3. The number of hydrogen-bond donors (Lipinski definition) is 2. The summed E-state index contributed by atoms with van der Waals surface area (Å²) in [7, 11) is 0. The van der Waals surface area contributed by atoms with Crippen LogP contribution in [0.2, 0.25) is 5.02 Å².